The van der Waals surface area contributed by atoms with Crippen molar-refractivity contribution in [3.8, 4) is 0 Å². The Bertz CT molecular complexity index is 696. The number of aliphatic hydroxyl groups excluding tert-OH is 2. The summed E-state index contributed by atoms with van der Waals surface area (Å²) in [6, 6.07) is 0. The lowest BCUT2D eigenvalue weighted by Crippen LogP contribution is -2.55. The topological polar surface area (TPSA) is 57.5 Å². The number of fused-ring (bicyclic) bond motifs is 5. The molecule has 3 heteroatoms. The standard InChI is InChI=1S/C27H44O3/c1-16(2)24(29)11-6-17(3)21-9-10-22-20-8-7-18-14-19(28)15-25(30)27(18,5)23(20)12-13-26(21,22)4/h7,16-17,19-23,25,28,30H,6,8-15H2,1-5H3/t17-,19?,20+,21-,22+,23+,25+,26-,27+/m1/s1. The Morgan fingerprint density at radius 3 is 2.57 bits per heavy atom. The maximum Gasteiger partial charge on any atom is 0.135 e. The second-order valence-electron chi connectivity index (χ2n) is 12.1. The van der Waals surface area contributed by atoms with Crippen molar-refractivity contribution in [3.05, 3.63) is 11.6 Å². The summed E-state index contributed by atoms with van der Waals surface area (Å²) in [6.45, 7) is 11.3. The molecule has 0 aromatic heterocycles. The molecule has 0 amide bonds. The molecule has 3 saturated carbocycles. The largest absolute Gasteiger partial charge is 0.393 e. The van der Waals surface area contributed by atoms with Gasteiger partial charge in [0.25, 0.3) is 0 Å². The summed E-state index contributed by atoms with van der Waals surface area (Å²) in [5, 5.41) is 21.3. The first-order valence-electron chi connectivity index (χ1n) is 12.7. The third-order valence-corrected chi connectivity index (χ3v) is 10.4. The zero-order valence-corrected chi connectivity index (χ0v) is 19.9. The van der Waals surface area contributed by atoms with Crippen molar-refractivity contribution in [1.29, 1.82) is 0 Å². The molecule has 0 aromatic rings. The predicted molar refractivity (Wildman–Crippen MR) is 121 cm³/mol. The van der Waals surface area contributed by atoms with Crippen LogP contribution in [0.1, 0.15) is 92.4 Å². The van der Waals surface area contributed by atoms with E-state index in [-0.39, 0.29) is 17.4 Å². The zero-order chi connectivity index (χ0) is 21.8. The lowest BCUT2D eigenvalue weighted by molar-refractivity contribution is -0.122. The number of Topliss-reactive ketones (excluding diaryl/α,β-unsaturated/α-hetero) is 1. The Labute approximate surface area is 183 Å². The van der Waals surface area contributed by atoms with Crippen molar-refractivity contribution in [1.82, 2.24) is 0 Å². The van der Waals surface area contributed by atoms with Crippen LogP contribution >= 0.6 is 0 Å². The molecule has 0 bridgehead atoms. The lowest BCUT2D eigenvalue weighted by Gasteiger charge is -2.59. The number of carbonyl (C=O) groups is 1. The van der Waals surface area contributed by atoms with Gasteiger partial charge in [0, 0.05) is 24.2 Å². The average Bonchev–Trinajstić information content (AvgIpc) is 3.04. The Kier molecular flexibility index (Phi) is 6.03. The van der Waals surface area contributed by atoms with E-state index in [1.165, 1.54) is 31.3 Å². The monoisotopic (exact) mass is 416 g/mol. The fourth-order valence-corrected chi connectivity index (χ4v) is 8.54. The van der Waals surface area contributed by atoms with Crippen molar-refractivity contribution in [2.24, 2.45) is 46.3 Å². The van der Waals surface area contributed by atoms with E-state index in [1.807, 2.05) is 13.8 Å². The van der Waals surface area contributed by atoms with Crippen molar-refractivity contribution >= 4 is 5.78 Å². The van der Waals surface area contributed by atoms with Crippen molar-refractivity contribution < 1.29 is 15.0 Å². The molecule has 4 aliphatic carbocycles. The Hall–Kier alpha value is -0.670. The van der Waals surface area contributed by atoms with Gasteiger partial charge in [-0.05, 0) is 80.0 Å². The van der Waals surface area contributed by atoms with Gasteiger partial charge in [-0.1, -0.05) is 46.3 Å². The van der Waals surface area contributed by atoms with Crippen LogP contribution in [0.25, 0.3) is 0 Å². The van der Waals surface area contributed by atoms with Gasteiger partial charge in [0.05, 0.1) is 12.2 Å². The molecule has 3 fully saturated rings. The predicted octanol–water partition coefficient (Wildman–Crippen LogP) is 5.54. The molecule has 3 nitrogen and oxygen atoms in total. The molecule has 2 N–H and O–H groups in total. The number of carbonyl (C=O) groups excluding carboxylic acids is 1. The quantitative estimate of drug-likeness (QED) is 0.579. The van der Waals surface area contributed by atoms with E-state index < -0.39 is 6.10 Å². The molecule has 0 spiro atoms. The molecular weight excluding hydrogens is 372 g/mol. The van der Waals surface area contributed by atoms with Crippen molar-refractivity contribution in [2.75, 3.05) is 0 Å². The highest BCUT2D eigenvalue weighted by Gasteiger charge is 2.60. The Morgan fingerprint density at radius 1 is 1.13 bits per heavy atom. The molecular formula is C27H44O3. The molecule has 0 saturated heterocycles. The third-order valence-electron chi connectivity index (χ3n) is 10.4. The highest BCUT2D eigenvalue weighted by atomic mass is 16.3. The van der Waals surface area contributed by atoms with Crippen LogP contribution in [-0.4, -0.2) is 28.2 Å². The molecule has 0 heterocycles. The van der Waals surface area contributed by atoms with Crippen LogP contribution in [0.4, 0.5) is 0 Å². The van der Waals surface area contributed by atoms with Crippen molar-refractivity contribution in [3.63, 3.8) is 0 Å². The minimum atomic E-state index is -0.414. The van der Waals surface area contributed by atoms with Gasteiger partial charge in [-0.15, -0.1) is 0 Å². The lowest BCUT2D eigenvalue weighted by atomic mass is 9.46. The summed E-state index contributed by atoms with van der Waals surface area (Å²) in [7, 11) is 0. The fourth-order valence-electron chi connectivity index (χ4n) is 8.54. The summed E-state index contributed by atoms with van der Waals surface area (Å²) in [4.78, 5) is 12.2. The van der Waals surface area contributed by atoms with E-state index in [0.717, 1.165) is 37.5 Å². The molecule has 0 radical (unpaired) electrons. The number of hydrogen-bond donors (Lipinski definition) is 2. The van der Waals surface area contributed by atoms with Crippen LogP contribution in [0.5, 0.6) is 0 Å². The van der Waals surface area contributed by atoms with E-state index in [2.05, 4.69) is 26.8 Å². The van der Waals surface area contributed by atoms with Crippen LogP contribution in [0.15, 0.2) is 11.6 Å². The highest BCUT2D eigenvalue weighted by Crippen LogP contribution is 2.67. The number of hydrogen-bond acceptors (Lipinski definition) is 3. The summed E-state index contributed by atoms with van der Waals surface area (Å²) in [6.07, 6.45) is 10.9. The minimum Gasteiger partial charge on any atom is -0.393 e. The second-order valence-corrected chi connectivity index (χ2v) is 12.1. The van der Waals surface area contributed by atoms with Gasteiger partial charge >= 0.3 is 0 Å². The van der Waals surface area contributed by atoms with E-state index in [4.69, 9.17) is 0 Å². The molecule has 4 rings (SSSR count). The normalized spacial score (nSPS) is 46.6. The molecule has 0 aliphatic heterocycles. The second kappa shape index (κ2) is 8.03. The van der Waals surface area contributed by atoms with E-state index in [9.17, 15) is 15.0 Å². The SMILES string of the molecule is CC(C)C(=O)CC[C@@H](C)[C@H]1CC[C@H]2[C@@H]3CC=C4CC(O)C[C@H](O)[C@]4(C)[C@H]3CC[C@]12C. The third kappa shape index (κ3) is 3.43. The first-order chi connectivity index (χ1) is 14.1. The highest BCUT2D eigenvalue weighted by molar-refractivity contribution is 5.80. The molecule has 4 aliphatic rings. The number of allylic oxidation sites excluding steroid dienone is 1. The molecule has 9 atom stereocenters. The van der Waals surface area contributed by atoms with E-state index >= 15 is 0 Å². The van der Waals surface area contributed by atoms with Crippen LogP contribution in [0.3, 0.4) is 0 Å². The van der Waals surface area contributed by atoms with E-state index in [1.54, 1.807) is 0 Å². The fraction of sp³-hybridized carbons (Fsp3) is 0.889. The van der Waals surface area contributed by atoms with Gasteiger partial charge in [-0.2, -0.15) is 0 Å². The van der Waals surface area contributed by atoms with Crippen LogP contribution in [0.2, 0.25) is 0 Å². The van der Waals surface area contributed by atoms with Crippen LogP contribution in [-0.2, 0) is 4.79 Å². The minimum absolute atomic E-state index is 0.142. The van der Waals surface area contributed by atoms with Crippen molar-refractivity contribution in [2.45, 2.75) is 105 Å². The maximum absolute atomic E-state index is 12.2. The summed E-state index contributed by atoms with van der Waals surface area (Å²) in [5.74, 6) is 3.85. The van der Waals surface area contributed by atoms with E-state index in [0.29, 0.717) is 35.4 Å². The molecule has 170 valence electrons. The summed E-state index contributed by atoms with van der Waals surface area (Å²) < 4.78 is 0. The summed E-state index contributed by atoms with van der Waals surface area (Å²) >= 11 is 0. The molecule has 30 heavy (non-hydrogen) atoms. The number of aliphatic hydroxyl groups is 2. The first kappa shape index (κ1) is 22.5. The van der Waals surface area contributed by atoms with Gasteiger partial charge in [0.15, 0.2) is 0 Å². The Morgan fingerprint density at radius 2 is 1.87 bits per heavy atom. The average molecular weight is 417 g/mol. The van der Waals surface area contributed by atoms with Gasteiger partial charge in [0.2, 0.25) is 0 Å². The Balaban J connectivity index is 1.52. The van der Waals surface area contributed by atoms with Gasteiger partial charge < -0.3 is 10.2 Å². The van der Waals surface area contributed by atoms with Gasteiger partial charge in [-0.25, -0.2) is 0 Å². The molecule has 1 unspecified atom stereocenters. The smallest absolute Gasteiger partial charge is 0.135 e. The maximum atomic E-state index is 12.2. The van der Waals surface area contributed by atoms with Gasteiger partial charge in [-0.3, -0.25) is 4.79 Å². The van der Waals surface area contributed by atoms with Crippen LogP contribution < -0.4 is 0 Å². The molecule has 0 aromatic carbocycles. The number of rotatable bonds is 5. The van der Waals surface area contributed by atoms with Crippen LogP contribution in [0, 0.1) is 46.3 Å². The first-order valence-corrected chi connectivity index (χ1v) is 12.7. The zero-order valence-electron chi connectivity index (χ0n) is 19.9. The number of ketones is 1. The summed E-state index contributed by atoms with van der Waals surface area (Å²) in [5.41, 5.74) is 1.56. The van der Waals surface area contributed by atoms with Gasteiger partial charge in [0.1, 0.15) is 5.78 Å².